The van der Waals surface area contributed by atoms with Crippen LogP contribution in [0.2, 0.25) is 0 Å². The van der Waals surface area contributed by atoms with Crippen LogP contribution in [-0.4, -0.2) is 28.4 Å². The van der Waals surface area contributed by atoms with Crippen molar-refractivity contribution in [3.63, 3.8) is 0 Å². The van der Waals surface area contributed by atoms with Crippen LogP contribution in [0.25, 0.3) is 0 Å². The number of fused-ring (bicyclic) bond motifs is 2. The van der Waals surface area contributed by atoms with Gasteiger partial charge in [0.25, 0.3) is 5.56 Å². The van der Waals surface area contributed by atoms with Crippen molar-refractivity contribution < 1.29 is 4.74 Å². The maximum Gasteiger partial charge on any atom is 0.280 e. The fourth-order valence-corrected chi connectivity index (χ4v) is 2.78. The lowest BCUT2D eigenvalue weighted by molar-refractivity contribution is 0.102. The van der Waals surface area contributed by atoms with Crippen LogP contribution in [-0.2, 0) is 4.74 Å². The molecule has 1 aromatic rings. The van der Waals surface area contributed by atoms with E-state index in [1.54, 1.807) is 6.20 Å². The Bertz CT molecular complexity index is 462. The summed E-state index contributed by atoms with van der Waals surface area (Å²) < 4.78 is 6.25. The molecule has 0 amide bonds. The highest BCUT2D eigenvalue weighted by Crippen LogP contribution is 2.36. The summed E-state index contributed by atoms with van der Waals surface area (Å²) in [5, 5.41) is 9.48. The van der Waals surface area contributed by atoms with Gasteiger partial charge in [-0.15, -0.1) is 0 Å². The van der Waals surface area contributed by atoms with Crippen molar-refractivity contribution in [2.45, 2.75) is 37.5 Å². The Labute approximate surface area is 101 Å². The van der Waals surface area contributed by atoms with Gasteiger partial charge in [0.15, 0.2) is 0 Å². The summed E-state index contributed by atoms with van der Waals surface area (Å²) in [6, 6.07) is 0.304. The molecular formula is C10H12BrN3O2. The number of anilines is 1. The van der Waals surface area contributed by atoms with Gasteiger partial charge in [-0.3, -0.25) is 4.79 Å². The summed E-state index contributed by atoms with van der Waals surface area (Å²) >= 11 is 3.25. The molecule has 2 bridgehead atoms. The Morgan fingerprint density at radius 1 is 1.56 bits per heavy atom. The number of rotatable bonds is 2. The van der Waals surface area contributed by atoms with E-state index in [0.717, 1.165) is 24.9 Å². The minimum atomic E-state index is -0.214. The van der Waals surface area contributed by atoms with Crippen molar-refractivity contribution in [3.05, 3.63) is 21.0 Å². The second-order valence-corrected chi connectivity index (χ2v) is 5.08. The summed E-state index contributed by atoms with van der Waals surface area (Å²) in [5.41, 5.74) is 0.527. The highest BCUT2D eigenvalue weighted by molar-refractivity contribution is 9.10. The topological polar surface area (TPSA) is 67.0 Å². The molecule has 2 aliphatic heterocycles. The zero-order chi connectivity index (χ0) is 11.1. The smallest absolute Gasteiger partial charge is 0.280 e. The lowest BCUT2D eigenvalue weighted by Gasteiger charge is -2.21. The summed E-state index contributed by atoms with van der Waals surface area (Å²) in [5.74, 6) is 0. The molecule has 0 radical (unpaired) electrons. The SMILES string of the molecule is O=c1[nH]ncc(NC2CC3CCC2O3)c1Br. The van der Waals surface area contributed by atoms with Crippen LogP contribution < -0.4 is 10.9 Å². The summed E-state index contributed by atoms with van der Waals surface area (Å²) in [6.45, 7) is 0. The quantitative estimate of drug-likeness (QED) is 0.859. The molecule has 2 fully saturated rings. The van der Waals surface area contributed by atoms with Gasteiger partial charge >= 0.3 is 0 Å². The van der Waals surface area contributed by atoms with E-state index in [-0.39, 0.29) is 11.7 Å². The third kappa shape index (κ3) is 1.66. The number of hydrogen-bond donors (Lipinski definition) is 2. The molecule has 0 spiro atoms. The Morgan fingerprint density at radius 2 is 2.44 bits per heavy atom. The number of aromatic nitrogens is 2. The van der Waals surface area contributed by atoms with Crippen molar-refractivity contribution in [2.24, 2.45) is 0 Å². The highest BCUT2D eigenvalue weighted by Gasteiger charge is 2.40. The standard InChI is InChI=1S/C10H12BrN3O2/c11-9-7(4-12-14-10(9)15)13-6-3-5-1-2-8(6)16-5/h4-6,8H,1-3H2,(H2,13,14,15). The molecule has 0 aromatic carbocycles. The molecule has 5 nitrogen and oxygen atoms in total. The Kier molecular flexibility index (Phi) is 2.48. The Morgan fingerprint density at radius 3 is 3.12 bits per heavy atom. The zero-order valence-electron chi connectivity index (χ0n) is 8.57. The second kappa shape index (κ2) is 3.85. The maximum atomic E-state index is 11.3. The number of hydrogen-bond acceptors (Lipinski definition) is 4. The molecule has 3 unspecified atom stereocenters. The fraction of sp³-hybridized carbons (Fsp3) is 0.600. The van der Waals surface area contributed by atoms with Gasteiger partial charge in [0.1, 0.15) is 4.47 Å². The van der Waals surface area contributed by atoms with Crippen LogP contribution in [0.1, 0.15) is 19.3 Å². The van der Waals surface area contributed by atoms with E-state index in [2.05, 4.69) is 31.4 Å². The molecule has 3 atom stereocenters. The van der Waals surface area contributed by atoms with Gasteiger partial charge in [0.2, 0.25) is 0 Å². The molecule has 2 N–H and O–H groups in total. The van der Waals surface area contributed by atoms with Gasteiger partial charge in [-0.2, -0.15) is 5.10 Å². The average molecular weight is 286 g/mol. The first kappa shape index (κ1) is 10.3. The second-order valence-electron chi connectivity index (χ2n) is 4.29. The number of ether oxygens (including phenoxy) is 1. The van der Waals surface area contributed by atoms with Crippen LogP contribution in [0.3, 0.4) is 0 Å². The predicted molar refractivity (Wildman–Crippen MR) is 62.5 cm³/mol. The number of nitrogens with zero attached hydrogens (tertiary/aromatic N) is 1. The van der Waals surface area contributed by atoms with Crippen molar-refractivity contribution in [1.82, 2.24) is 10.2 Å². The first-order chi connectivity index (χ1) is 7.74. The van der Waals surface area contributed by atoms with Crippen molar-refractivity contribution >= 4 is 21.6 Å². The third-order valence-corrected chi connectivity index (χ3v) is 4.03. The average Bonchev–Trinajstić information content (AvgIpc) is 2.86. The van der Waals surface area contributed by atoms with Crippen molar-refractivity contribution in [2.75, 3.05) is 5.32 Å². The number of nitrogens with one attached hydrogen (secondary N) is 2. The summed E-state index contributed by atoms with van der Waals surface area (Å²) in [7, 11) is 0. The lowest BCUT2D eigenvalue weighted by atomic mass is 9.95. The largest absolute Gasteiger partial charge is 0.377 e. The molecular weight excluding hydrogens is 274 g/mol. The van der Waals surface area contributed by atoms with Gasteiger partial charge in [0, 0.05) is 0 Å². The van der Waals surface area contributed by atoms with Crippen LogP contribution in [0, 0.1) is 0 Å². The molecule has 86 valence electrons. The minimum absolute atomic E-state index is 0.214. The first-order valence-corrected chi connectivity index (χ1v) is 6.18. The van der Waals surface area contributed by atoms with Gasteiger partial charge in [-0.1, -0.05) is 0 Å². The fourth-order valence-electron chi connectivity index (χ4n) is 2.47. The summed E-state index contributed by atoms with van der Waals surface area (Å²) in [4.78, 5) is 11.3. The monoisotopic (exact) mass is 285 g/mol. The summed E-state index contributed by atoms with van der Waals surface area (Å²) in [6.07, 6.45) is 5.60. The molecule has 3 heterocycles. The number of aromatic amines is 1. The molecule has 0 aliphatic carbocycles. The molecule has 6 heteroatoms. The van der Waals surface area contributed by atoms with E-state index in [4.69, 9.17) is 4.74 Å². The van der Waals surface area contributed by atoms with E-state index in [9.17, 15) is 4.79 Å². The number of H-pyrrole nitrogens is 1. The van der Waals surface area contributed by atoms with Gasteiger partial charge in [0.05, 0.1) is 30.1 Å². The minimum Gasteiger partial charge on any atom is -0.377 e. The third-order valence-electron chi connectivity index (χ3n) is 3.24. The predicted octanol–water partition coefficient (Wildman–Crippen LogP) is 1.26. The van der Waals surface area contributed by atoms with Crippen molar-refractivity contribution in [3.8, 4) is 0 Å². The molecule has 2 aliphatic rings. The van der Waals surface area contributed by atoms with E-state index in [1.165, 1.54) is 0 Å². The van der Waals surface area contributed by atoms with Crippen molar-refractivity contribution in [1.29, 1.82) is 0 Å². The Balaban J connectivity index is 1.80. The Hall–Kier alpha value is -0.880. The maximum absolute atomic E-state index is 11.3. The van der Waals surface area contributed by atoms with E-state index in [0.29, 0.717) is 16.6 Å². The molecule has 0 saturated carbocycles. The molecule has 3 rings (SSSR count). The normalized spacial score (nSPS) is 31.9. The van der Waals surface area contributed by atoms with Crippen LogP contribution in [0.5, 0.6) is 0 Å². The van der Waals surface area contributed by atoms with Gasteiger partial charge in [-0.05, 0) is 35.2 Å². The first-order valence-electron chi connectivity index (χ1n) is 5.39. The lowest BCUT2D eigenvalue weighted by Crippen LogP contribution is -2.31. The van der Waals surface area contributed by atoms with E-state index in [1.807, 2.05) is 0 Å². The van der Waals surface area contributed by atoms with E-state index >= 15 is 0 Å². The molecule has 2 saturated heterocycles. The zero-order valence-corrected chi connectivity index (χ0v) is 10.2. The highest BCUT2D eigenvalue weighted by atomic mass is 79.9. The number of halogens is 1. The van der Waals surface area contributed by atoms with Crippen LogP contribution in [0.15, 0.2) is 15.5 Å². The van der Waals surface area contributed by atoms with Crippen LogP contribution >= 0.6 is 15.9 Å². The van der Waals surface area contributed by atoms with Crippen LogP contribution in [0.4, 0.5) is 5.69 Å². The molecule has 16 heavy (non-hydrogen) atoms. The van der Waals surface area contributed by atoms with E-state index < -0.39 is 0 Å². The van der Waals surface area contributed by atoms with Gasteiger partial charge < -0.3 is 10.1 Å². The van der Waals surface area contributed by atoms with Gasteiger partial charge in [-0.25, -0.2) is 5.10 Å². The molecule has 1 aromatic heterocycles.